The van der Waals surface area contributed by atoms with Crippen LogP contribution in [0.2, 0.25) is 0 Å². The second kappa shape index (κ2) is 5.38. The lowest BCUT2D eigenvalue weighted by Crippen LogP contribution is -2.17. The SMILES string of the molecule is CC1=C(C2=CCC(C)C=C2)Cc2cc(C)cc(C)c2C1=S. The van der Waals surface area contributed by atoms with Gasteiger partial charge in [-0.05, 0) is 72.9 Å². The summed E-state index contributed by atoms with van der Waals surface area (Å²) in [5.41, 5.74) is 9.41. The first-order valence-electron chi connectivity index (χ1n) is 7.70. The molecule has 0 heterocycles. The van der Waals surface area contributed by atoms with E-state index in [4.69, 9.17) is 12.2 Å². The minimum atomic E-state index is 0.655. The smallest absolute Gasteiger partial charge is 0.0487 e. The van der Waals surface area contributed by atoms with Crippen molar-refractivity contribution in [1.82, 2.24) is 0 Å². The molecule has 0 bridgehead atoms. The minimum absolute atomic E-state index is 0.655. The van der Waals surface area contributed by atoms with Crippen molar-refractivity contribution >= 4 is 17.1 Å². The van der Waals surface area contributed by atoms with E-state index >= 15 is 0 Å². The first-order chi connectivity index (χ1) is 9.97. The highest BCUT2D eigenvalue weighted by molar-refractivity contribution is 7.81. The normalized spacial score (nSPS) is 21.4. The molecule has 0 fully saturated rings. The molecule has 1 heteroatoms. The largest absolute Gasteiger partial charge is 0.0808 e. The van der Waals surface area contributed by atoms with Gasteiger partial charge >= 0.3 is 0 Å². The van der Waals surface area contributed by atoms with E-state index in [0.29, 0.717) is 5.92 Å². The average Bonchev–Trinajstić information content (AvgIpc) is 2.43. The lowest BCUT2D eigenvalue weighted by Gasteiger charge is -2.26. The van der Waals surface area contributed by atoms with Crippen molar-refractivity contribution in [3.05, 3.63) is 69.3 Å². The Morgan fingerprint density at radius 1 is 1.14 bits per heavy atom. The Hall–Kier alpha value is -1.47. The maximum atomic E-state index is 5.77. The lowest BCUT2D eigenvalue weighted by molar-refractivity contribution is 0.731. The number of fused-ring (bicyclic) bond motifs is 1. The molecule has 0 nitrogen and oxygen atoms in total. The Bertz CT molecular complexity index is 714. The Morgan fingerprint density at radius 2 is 1.90 bits per heavy atom. The summed E-state index contributed by atoms with van der Waals surface area (Å²) in [6.45, 7) is 8.80. The summed E-state index contributed by atoms with van der Waals surface area (Å²) in [7, 11) is 0. The molecule has 0 spiro atoms. The Kier molecular flexibility index (Phi) is 3.71. The van der Waals surface area contributed by atoms with E-state index in [1.807, 2.05) is 0 Å². The maximum Gasteiger partial charge on any atom is 0.0487 e. The average molecular weight is 294 g/mol. The van der Waals surface area contributed by atoms with Crippen molar-refractivity contribution in [1.29, 1.82) is 0 Å². The summed E-state index contributed by atoms with van der Waals surface area (Å²) in [5, 5.41) is 0. The van der Waals surface area contributed by atoms with Crippen molar-refractivity contribution in [2.24, 2.45) is 5.92 Å². The quantitative estimate of drug-likeness (QED) is 0.623. The summed E-state index contributed by atoms with van der Waals surface area (Å²) in [5.74, 6) is 0.655. The van der Waals surface area contributed by atoms with Crippen molar-refractivity contribution in [3.63, 3.8) is 0 Å². The molecule has 1 atom stereocenters. The second-order valence-corrected chi connectivity index (χ2v) is 6.87. The highest BCUT2D eigenvalue weighted by Crippen LogP contribution is 2.35. The van der Waals surface area contributed by atoms with E-state index in [1.54, 1.807) is 0 Å². The fourth-order valence-corrected chi connectivity index (χ4v) is 3.85. The van der Waals surface area contributed by atoms with Crippen molar-refractivity contribution in [2.75, 3.05) is 0 Å². The Balaban J connectivity index is 2.08. The molecule has 0 amide bonds. The fourth-order valence-electron chi connectivity index (χ4n) is 3.44. The molecule has 108 valence electrons. The molecule has 2 aliphatic carbocycles. The van der Waals surface area contributed by atoms with E-state index in [0.717, 1.165) is 17.7 Å². The predicted molar refractivity (Wildman–Crippen MR) is 95.0 cm³/mol. The summed E-state index contributed by atoms with van der Waals surface area (Å²) in [6.07, 6.45) is 9.11. The maximum absolute atomic E-state index is 5.77. The molecule has 0 radical (unpaired) electrons. The zero-order valence-corrected chi connectivity index (χ0v) is 14.1. The predicted octanol–water partition coefficient (Wildman–Crippen LogP) is 5.42. The van der Waals surface area contributed by atoms with Gasteiger partial charge in [0.2, 0.25) is 0 Å². The monoisotopic (exact) mass is 294 g/mol. The van der Waals surface area contributed by atoms with Crippen molar-refractivity contribution in [3.8, 4) is 0 Å². The number of allylic oxidation sites excluding steroid dienone is 6. The van der Waals surface area contributed by atoms with Gasteiger partial charge in [-0.1, -0.05) is 55.1 Å². The van der Waals surface area contributed by atoms with Crippen LogP contribution in [0.3, 0.4) is 0 Å². The molecule has 1 unspecified atom stereocenters. The van der Waals surface area contributed by atoms with Gasteiger partial charge in [-0.3, -0.25) is 0 Å². The topological polar surface area (TPSA) is 0 Å². The van der Waals surface area contributed by atoms with Crippen LogP contribution < -0.4 is 0 Å². The number of hydrogen-bond donors (Lipinski definition) is 0. The van der Waals surface area contributed by atoms with Gasteiger partial charge in [0, 0.05) is 4.86 Å². The molecular formula is C20H22S. The first-order valence-corrected chi connectivity index (χ1v) is 8.11. The van der Waals surface area contributed by atoms with E-state index < -0.39 is 0 Å². The Labute approximate surface area is 133 Å². The molecule has 1 aromatic rings. The van der Waals surface area contributed by atoms with E-state index in [9.17, 15) is 0 Å². The molecule has 3 rings (SSSR count). The third-order valence-electron chi connectivity index (χ3n) is 4.61. The summed E-state index contributed by atoms with van der Waals surface area (Å²) >= 11 is 5.77. The van der Waals surface area contributed by atoms with Crippen LogP contribution in [0.1, 0.15) is 42.5 Å². The summed E-state index contributed by atoms with van der Waals surface area (Å²) in [6, 6.07) is 4.54. The zero-order valence-electron chi connectivity index (χ0n) is 13.3. The third-order valence-corrected chi connectivity index (χ3v) is 5.12. The molecule has 0 aliphatic heterocycles. The van der Waals surface area contributed by atoms with Crippen LogP contribution in [-0.4, -0.2) is 4.86 Å². The van der Waals surface area contributed by atoms with E-state index in [2.05, 4.69) is 58.1 Å². The van der Waals surface area contributed by atoms with Gasteiger partial charge < -0.3 is 0 Å². The first kappa shape index (κ1) is 14.5. The fraction of sp³-hybridized carbons (Fsp3) is 0.350. The molecule has 0 aromatic heterocycles. The van der Waals surface area contributed by atoms with Gasteiger partial charge in [-0.25, -0.2) is 0 Å². The van der Waals surface area contributed by atoms with Crippen LogP contribution in [0.25, 0.3) is 0 Å². The Morgan fingerprint density at radius 3 is 2.57 bits per heavy atom. The van der Waals surface area contributed by atoms with Gasteiger partial charge in [0.25, 0.3) is 0 Å². The highest BCUT2D eigenvalue weighted by Gasteiger charge is 2.23. The van der Waals surface area contributed by atoms with Crippen LogP contribution in [0.15, 0.2) is 47.1 Å². The van der Waals surface area contributed by atoms with Crippen LogP contribution in [0, 0.1) is 19.8 Å². The number of rotatable bonds is 1. The zero-order chi connectivity index (χ0) is 15.1. The number of aryl methyl sites for hydroxylation is 2. The minimum Gasteiger partial charge on any atom is -0.0808 e. The summed E-state index contributed by atoms with van der Waals surface area (Å²) in [4.78, 5) is 1.04. The molecule has 2 aliphatic rings. The lowest BCUT2D eigenvalue weighted by atomic mass is 9.79. The van der Waals surface area contributed by atoms with Gasteiger partial charge in [0.05, 0.1) is 0 Å². The molecule has 0 saturated heterocycles. The highest BCUT2D eigenvalue weighted by atomic mass is 32.1. The molecular weight excluding hydrogens is 272 g/mol. The van der Waals surface area contributed by atoms with Gasteiger partial charge in [-0.15, -0.1) is 0 Å². The molecule has 0 saturated carbocycles. The van der Waals surface area contributed by atoms with Crippen LogP contribution in [0.4, 0.5) is 0 Å². The number of hydrogen-bond acceptors (Lipinski definition) is 1. The van der Waals surface area contributed by atoms with Gasteiger partial charge in [0.1, 0.15) is 0 Å². The standard InChI is InChI=1S/C20H22S/c1-12-5-7-16(8-6-12)18-11-17-10-13(2)9-14(3)19(17)20(21)15(18)4/h5,7-10,12H,6,11H2,1-4H3. The van der Waals surface area contributed by atoms with Crippen LogP contribution >= 0.6 is 12.2 Å². The van der Waals surface area contributed by atoms with Crippen LogP contribution in [-0.2, 0) is 6.42 Å². The van der Waals surface area contributed by atoms with Gasteiger partial charge in [-0.2, -0.15) is 0 Å². The third kappa shape index (κ3) is 2.55. The van der Waals surface area contributed by atoms with E-state index in [1.165, 1.54) is 39.0 Å². The van der Waals surface area contributed by atoms with Crippen molar-refractivity contribution in [2.45, 2.75) is 40.5 Å². The number of thiocarbonyl (C=S) groups is 1. The van der Waals surface area contributed by atoms with Gasteiger partial charge in [0.15, 0.2) is 0 Å². The second-order valence-electron chi connectivity index (χ2n) is 6.46. The van der Waals surface area contributed by atoms with E-state index in [-0.39, 0.29) is 0 Å². The van der Waals surface area contributed by atoms with Crippen LogP contribution in [0.5, 0.6) is 0 Å². The molecule has 0 N–H and O–H groups in total. The van der Waals surface area contributed by atoms with Crippen molar-refractivity contribution < 1.29 is 0 Å². The summed E-state index contributed by atoms with van der Waals surface area (Å²) < 4.78 is 0. The number of benzene rings is 1. The molecule has 1 aromatic carbocycles. The molecule has 21 heavy (non-hydrogen) atoms.